The Labute approximate surface area is 196 Å². The highest BCUT2D eigenvalue weighted by Crippen LogP contribution is 2.38. The molecule has 8 nitrogen and oxygen atoms in total. The number of carbonyl (C=O) groups excluding carboxylic acids is 1. The van der Waals surface area contributed by atoms with E-state index in [1.807, 2.05) is 19.1 Å². The van der Waals surface area contributed by atoms with Crippen LogP contribution in [0.5, 0.6) is 17.2 Å². The van der Waals surface area contributed by atoms with Crippen LogP contribution in [-0.2, 0) is 21.4 Å². The molecular formula is C24H32N2O6S. The number of methoxy groups -OCH3 is 3. The molecule has 0 atom stereocenters. The van der Waals surface area contributed by atoms with Crippen molar-refractivity contribution in [2.24, 2.45) is 5.92 Å². The normalized spacial score (nSPS) is 15.2. The van der Waals surface area contributed by atoms with E-state index in [0.717, 1.165) is 11.1 Å². The fourth-order valence-corrected chi connectivity index (χ4v) is 5.56. The Balaban J connectivity index is 1.64. The predicted octanol–water partition coefficient (Wildman–Crippen LogP) is 3.08. The van der Waals surface area contributed by atoms with Crippen molar-refractivity contribution >= 4 is 15.9 Å². The average molecular weight is 477 g/mol. The van der Waals surface area contributed by atoms with Gasteiger partial charge in [0.15, 0.2) is 11.5 Å². The van der Waals surface area contributed by atoms with Crippen molar-refractivity contribution in [3.05, 3.63) is 47.5 Å². The third-order valence-electron chi connectivity index (χ3n) is 5.98. The van der Waals surface area contributed by atoms with Gasteiger partial charge in [-0.3, -0.25) is 4.79 Å². The van der Waals surface area contributed by atoms with Gasteiger partial charge in [0.05, 0.1) is 26.2 Å². The van der Waals surface area contributed by atoms with Crippen molar-refractivity contribution < 1.29 is 27.4 Å². The first-order chi connectivity index (χ1) is 15.7. The topological polar surface area (TPSA) is 85.4 Å². The second kappa shape index (κ2) is 10.4. The third kappa shape index (κ3) is 5.42. The van der Waals surface area contributed by atoms with Gasteiger partial charge in [0.25, 0.3) is 0 Å². The minimum atomic E-state index is -3.55. The van der Waals surface area contributed by atoms with Gasteiger partial charge in [-0.25, -0.2) is 8.42 Å². The first-order valence-corrected chi connectivity index (χ1v) is 12.3. The molecule has 0 spiro atoms. The van der Waals surface area contributed by atoms with Crippen LogP contribution in [0.15, 0.2) is 41.3 Å². The molecule has 0 bridgehead atoms. The Morgan fingerprint density at radius 3 is 2.03 bits per heavy atom. The molecule has 2 aromatic carbocycles. The number of hydrogen-bond acceptors (Lipinski definition) is 6. The molecule has 1 aliphatic heterocycles. The second-order valence-corrected chi connectivity index (χ2v) is 10.2. The number of benzene rings is 2. The van der Waals surface area contributed by atoms with Gasteiger partial charge in [0.2, 0.25) is 21.7 Å². The Hall–Kier alpha value is -2.78. The van der Waals surface area contributed by atoms with Crippen molar-refractivity contribution in [2.75, 3.05) is 41.5 Å². The number of hydrogen-bond donors (Lipinski definition) is 0. The van der Waals surface area contributed by atoms with Gasteiger partial charge in [0.1, 0.15) is 0 Å². The van der Waals surface area contributed by atoms with Gasteiger partial charge in [-0.05, 0) is 49.6 Å². The van der Waals surface area contributed by atoms with Crippen LogP contribution in [0, 0.1) is 12.8 Å². The summed E-state index contributed by atoms with van der Waals surface area (Å²) in [6.45, 7) is 2.94. The average Bonchev–Trinajstić information content (AvgIpc) is 2.83. The summed E-state index contributed by atoms with van der Waals surface area (Å²) in [6, 6.07) is 10.5. The van der Waals surface area contributed by atoms with Crippen LogP contribution in [0.4, 0.5) is 0 Å². The monoisotopic (exact) mass is 476 g/mol. The standard InChI is InChI=1S/C24H32N2O6S/c1-17-6-8-20(9-7-17)33(28,29)26-12-10-19(11-13-26)24(27)25(2)16-18-14-21(30-3)23(32-5)22(15-18)31-4/h6-9,14-15,19H,10-13,16H2,1-5H3. The zero-order valence-electron chi connectivity index (χ0n) is 19.8. The molecule has 0 aliphatic carbocycles. The van der Waals surface area contributed by atoms with Crippen LogP contribution in [0.25, 0.3) is 0 Å². The van der Waals surface area contributed by atoms with Gasteiger partial charge in [-0.2, -0.15) is 4.31 Å². The number of piperidine rings is 1. The summed E-state index contributed by atoms with van der Waals surface area (Å²) >= 11 is 0. The Kier molecular flexibility index (Phi) is 7.86. The maximum atomic E-state index is 13.1. The lowest BCUT2D eigenvalue weighted by Crippen LogP contribution is -2.43. The number of rotatable bonds is 8. The Morgan fingerprint density at radius 2 is 1.55 bits per heavy atom. The van der Waals surface area contributed by atoms with Crippen molar-refractivity contribution in [3.63, 3.8) is 0 Å². The second-order valence-electron chi connectivity index (χ2n) is 8.22. The van der Waals surface area contributed by atoms with Gasteiger partial charge < -0.3 is 19.1 Å². The zero-order valence-corrected chi connectivity index (χ0v) is 20.6. The summed E-state index contributed by atoms with van der Waals surface area (Å²) in [5.74, 6) is 1.34. The van der Waals surface area contributed by atoms with Crippen LogP contribution < -0.4 is 14.2 Å². The summed E-state index contributed by atoms with van der Waals surface area (Å²) in [6.07, 6.45) is 0.979. The largest absolute Gasteiger partial charge is 0.493 e. The highest BCUT2D eigenvalue weighted by Gasteiger charge is 2.33. The molecule has 1 amide bonds. The molecule has 1 heterocycles. The van der Waals surface area contributed by atoms with Crippen molar-refractivity contribution in [3.8, 4) is 17.2 Å². The summed E-state index contributed by atoms with van der Waals surface area (Å²) in [5.41, 5.74) is 1.85. The number of amides is 1. The van der Waals surface area contributed by atoms with Gasteiger partial charge in [-0.15, -0.1) is 0 Å². The van der Waals surface area contributed by atoms with Crippen LogP contribution in [0.3, 0.4) is 0 Å². The molecule has 2 aromatic rings. The number of sulfonamides is 1. The Bertz CT molecular complexity index is 1050. The fourth-order valence-electron chi connectivity index (χ4n) is 4.09. The fraction of sp³-hybridized carbons (Fsp3) is 0.458. The van der Waals surface area contributed by atoms with Crippen molar-refractivity contribution in [2.45, 2.75) is 31.2 Å². The van der Waals surface area contributed by atoms with E-state index in [1.54, 1.807) is 57.5 Å². The molecule has 33 heavy (non-hydrogen) atoms. The molecule has 0 N–H and O–H groups in total. The van der Waals surface area contributed by atoms with E-state index in [-0.39, 0.29) is 16.7 Å². The number of nitrogens with zero attached hydrogens (tertiary/aromatic N) is 2. The molecule has 1 fully saturated rings. The minimum absolute atomic E-state index is 0.00358. The molecule has 0 aromatic heterocycles. The lowest BCUT2D eigenvalue weighted by Gasteiger charge is -2.32. The molecule has 1 saturated heterocycles. The van der Waals surface area contributed by atoms with Gasteiger partial charge in [0, 0.05) is 32.6 Å². The quantitative estimate of drug-likeness (QED) is 0.582. The van der Waals surface area contributed by atoms with E-state index in [2.05, 4.69) is 0 Å². The SMILES string of the molecule is COc1cc(CN(C)C(=O)C2CCN(S(=O)(=O)c3ccc(C)cc3)CC2)cc(OC)c1OC. The highest BCUT2D eigenvalue weighted by atomic mass is 32.2. The molecule has 180 valence electrons. The molecular weight excluding hydrogens is 444 g/mol. The minimum Gasteiger partial charge on any atom is -0.493 e. The van der Waals surface area contributed by atoms with E-state index in [9.17, 15) is 13.2 Å². The number of carbonyl (C=O) groups is 1. The summed E-state index contributed by atoms with van der Waals surface area (Å²) < 4.78 is 43.5. The smallest absolute Gasteiger partial charge is 0.243 e. The molecule has 3 rings (SSSR count). The lowest BCUT2D eigenvalue weighted by atomic mass is 9.96. The van der Waals surface area contributed by atoms with Crippen LogP contribution in [0.1, 0.15) is 24.0 Å². The highest BCUT2D eigenvalue weighted by molar-refractivity contribution is 7.89. The van der Waals surface area contributed by atoms with Crippen LogP contribution in [-0.4, -0.2) is 65.0 Å². The van der Waals surface area contributed by atoms with Crippen LogP contribution >= 0.6 is 0 Å². The molecule has 0 saturated carbocycles. The van der Waals surface area contributed by atoms with E-state index in [0.29, 0.717) is 49.7 Å². The summed E-state index contributed by atoms with van der Waals surface area (Å²) in [4.78, 5) is 15.0. The number of aryl methyl sites for hydroxylation is 1. The van der Waals surface area contributed by atoms with E-state index in [1.165, 1.54) is 4.31 Å². The van der Waals surface area contributed by atoms with Gasteiger partial charge in [-0.1, -0.05) is 17.7 Å². The first kappa shape index (κ1) is 24.9. The maximum absolute atomic E-state index is 13.1. The van der Waals surface area contributed by atoms with Crippen molar-refractivity contribution in [1.29, 1.82) is 0 Å². The molecule has 9 heteroatoms. The first-order valence-electron chi connectivity index (χ1n) is 10.8. The molecule has 0 unspecified atom stereocenters. The lowest BCUT2D eigenvalue weighted by molar-refractivity contribution is -0.135. The van der Waals surface area contributed by atoms with Crippen molar-refractivity contribution in [1.82, 2.24) is 9.21 Å². The molecule has 1 aliphatic rings. The number of ether oxygens (including phenoxy) is 3. The van der Waals surface area contributed by atoms with E-state index >= 15 is 0 Å². The predicted molar refractivity (Wildman–Crippen MR) is 125 cm³/mol. The third-order valence-corrected chi connectivity index (χ3v) is 7.90. The zero-order chi connectivity index (χ0) is 24.2. The maximum Gasteiger partial charge on any atom is 0.243 e. The summed E-state index contributed by atoms with van der Waals surface area (Å²) in [7, 11) is 2.84. The Morgan fingerprint density at radius 1 is 1.00 bits per heavy atom. The van der Waals surface area contributed by atoms with E-state index < -0.39 is 10.0 Å². The molecule has 0 radical (unpaired) electrons. The van der Waals surface area contributed by atoms with Crippen LogP contribution in [0.2, 0.25) is 0 Å². The van der Waals surface area contributed by atoms with Gasteiger partial charge >= 0.3 is 0 Å². The summed E-state index contributed by atoms with van der Waals surface area (Å²) in [5, 5.41) is 0. The van der Waals surface area contributed by atoms with E-state index in [4.69, 9.17) is 14.2 Å².